The lowest BCUT2D eigenvalue weighted by atomic mass is 9.96. The van der Waals surface area contributed by atoms with Gasteiger partial charge in [-0.1, -0.05) is 95.9 Å². The van der Waals surface area contributed by atoms with Gasteiger partial charge in [-0.15, -0.1) is 0 Å². The van der Waals surface area contributed by atoms with Gasteiger partial charge in [0.15, 0.2) is 0 Å². The van der Waals surface area contributed by atoms with Crippen LogP contribution < -0.4 is 104 Å². The molecule has 0 aliphatic heterocycles. The van der Waals surface area contributed by atoms with E-state index in [9.17, 15) is 71.9 Å². The van der Waals surface area contributed by atoms with Crippen molar-refractivity contribution < 1.29 is 71.9 Å². The molecule has 0 aromatic rings. The van der Waals surface area contributed by atoms with E-state index in [1.807, 2.05) is 27.7 Å². The van der Waals surface area contributed by atoms with Crippen LogP contribution in [0.2, 0.25) is 0 Å². The molecule has 0 aliphatic carbocycles. The molecule has 0 fully saturated rings. The van der Waals surface area contributed by atoms with E-state index in [2.05, 4.69) is 69.1 Å². The van der Waals surface area contributed by atoms with Crippen molar-refractivity contribution in [3.05, 3.63) is 0 Å². The summed E-state index contributed by atoms with van der Waals surface area (Å²) in [6.07, 6.45) is 2.99. The number of hydrogen-bond acceptors (Lipinski definition) is 19. The lowest BCUT2D eigenvalue weighted by Crippen LogP contribution is -2.60. The molecule has 0 saturated heterocycles. The van der Waals surface area contributed by atoms with Crippen LogP contribution in [-0.2, 0) is 71.9 Å². The van der Waals surface area contributed by atoms with E-state index in [1.54, 1.807) is 55.4 Å². The molecular weight excluding hydrogens is 1330 g/mol. The first-order chi connectivity index (χ1) is 48.1. The van der Waals surface area contributed by atoms with Crippen LogP contribution in [0.4, 0.5) is 0 Å². The average Bonchev–Trinajstić information content (AvgIpc) is 0.864. The Kier molecular flexibility index (Phi) is 45.6. The second kappa shape index (κ2) is 49.5. The predicted molar refractivity (Wildman–Crippen MR) is 390 cm³/mol. The molecular formula is C69H129N19O15. The summed E-state index contributed by atoms with van der Waals surface area (Å²) >= 11 is 0. The number of unbranched alkanes of at least 4 members (excludes halogenated alkanes) is 2. The van der Waals surface area contributed by atoms with E-state index in [0.717, 1.165) is 0 Å². The first-order valence-electron chi connectivity index (χ1n) is 36.5. The summed E-state index contributed by atoms with van der Waals surface area (Å²) < 4.78 is 0. The van der Waals surface area contributed by atoms with Crippen LogP contribution >= 0.6 is 0 Å². The fourth-order valence-electron chi connectivity index (χ4n) is 10.6. The van der Waals surface area contributed by atoms with Crippen molar-refractivity contribution in [1.82, 2.24) is 69.1 Å². The maximum Gasteiger partial charge on any atom is 0.243 e. The van der Waals surface area contributed by atoms with E-state index in [0.29, 0.717) is 45.1 Å². The topological polar surface area (TPSA) is 569 Å². The predicted octanol–water partition coefficient (Wildman–Crippen LogP) is -2.67. The molecule has 0 aromatic carbocycles. The Morgan fingerprint density at radius 3 is 0.893 bits per heavy atom. The molecule has 0 rings (SSSR count). The second-order valence-corrected chi connectivity index (χ2v) is 28.8. The quantitative estimate of drug-likeness (QED) is 0.0276. The Labute approximate surface area is 608 Å². The number of amides is 15. The fraction of sp³-hybridized carbons (Fsp3) is 0.783. The molecule has 0 aliphatic rings. The molecule has 0 spiro atoms. The minimum absolute atomic E-state index is 0.00731. The summed E-state index contributed by atoms with van der Waals surface area (Å²) in [4.78, 5) is 204. The maximum absolute atomic E-state index is 14.2. The van der Waals surface area contributed by atoms with E-state index < -0.39 is 186 Å². The Balaban J connectivity index is 6.33. The largest absolute Gasteiger partial charge is 0.370 e. The number of nitrogens with one attached hydrogen (secondary N) is 13. The van der Waals surface area contributed by atoms with Gasteiger partial charge in [0.05, 0.1) is 12.5 Å². The Hall–Kier alpha value is -8.11. The molecule has 0 bridgehead atoms. The zero-order chi connectivity index (χ0) is 79.1. The van der Waals surface area contributed by atoms with Crippen molar-refractivity contribution >= 4 is 88.6 Å². The fourth-order valence-corrected chi connectivity index (χ4v) is 10.6. The van der Waals surface area contributed by atoms with Gasteiger partial charge in [-0.2, -0.15) is 0 Å². The Bertz CT molecular complexity index is 2770. The highest BCUT2D eigenvalue weighted by Crippen LogP contribution is 2.16. The van der Waals surface area contributed by atoms with Crippen molar-refractivity contribution in [3.8, 4) is 0 Å². The normalized spacial score (nSPS) is 16.1. The summed E-state index contributed by atoms with van der Waals surface area (Å²) in [5, 5.41) is 34.0. The van der Waals surface area contributed by atoms with Crippen LogP contribution in [0.5, 0.6) is 0 Å². The van der Waals surface area contributed by atoms with Crippen LogP contribution in [-0.4, -0.2) is 193 Å². The molecule has 16 atom stereocenters. The van der Waals surface area contributed by atoms with Crippen LogP contribution in [0.3, 0.4) is 0 Å². The van der Waals surface area contributed by atoms with Crippen LogP contribution in [0.15, 0.2) is 0 Å². The minimum atomic E-state index is -1.49. The molecule has 0 radical (unpaired) electrons. The van der Waals surface area contributed by atoms with Gasteiger partial charge in [0, 0.05) is 0 Å². The van der Waals surface area contributed by atoms with Gasteiger partial charge >= 0.3 is 0 Å². The number of hydrogen-bond donors (Lipinski definition) is 19. The van der Waals surface area contributed by atoms with Gasteiger partial charge in [0.1, 0.15) is 78.5 Å². The first-order valence-corrected chi connectivity index (χ1v) is 36.5. The SMILES string of the molecule is CC[C@H](C)[C@H](N)C(=O)N[C@@H](CC(N)=O)C(=O)N[C@@H](CC(C)C)C(=O)N[C@@H](CCCN)C(=O)N[C@@H](C)C(=O)N[C@@H](CC(C)C)C(=O)N[C@@H](C)C(=O)N[C@@H](C)C(=O)N[C@@H](CC(C)C)C(=O)N[C@@H](C)C(=O)N[C@@H](CCCCN)C(=O)N[C@@H](CCCCN)C(=O)N[C@H](C(=O)N[C@@H](CC(C)C)C(N)=O)[C@@H](C)CC. The number of carbonyl (C=O) groups excluding carboxylic acids is 15. The van der Waals surface area contributed by atoms with Crippen molar-refractivity contribution in [3.63, 3.8) is 0 Å². The number of nitrogens with two attached hydrogens (primary N) is 6. The van der Waals surface area contributed by atoms with Crippen LogP contribution in [0.25, 0.3) is 0 Å². The molecule has 25 N–H and O–H groups in total. The molecule has 34 heteroatoms. The third-order valence-electron chi connectivity index (χ3n) is 17.3. The van der Waals surface area contributed by atoms with Gasteiger partial charge in [0.2, 0.25) is 88.6 Å². The molecule has 15 amide bonds. The standard InChI is InChI=1S/C69H129N19O15/c1-17-39(11)54(74)68(102)87-52(34-53(73)89)67(101)86-51(33-38(9)10)66(100)82-47(26-23-29-72)61(95)77-44(16)60(94)85-49(31-36(5)6)64(98)78-41(13)57(91)76-42(14)59(93)84-50(32-37(7)8)65(99)79-43(15)58(92)80-45(24-19-21-27-70)62(96)81-46(25-20-22-28-71)63(97)88-55(40(12)18-2)69(103)83-48(56(75)90)30-35(3)4/h35-52,54-55H,17-34,70-72,74H2,1-16H3,(H2,73,89)(H2,75,90)(H,76,91)(H,77,95)(H,78,98)(H,79,99)(H,80,92)(H,81,96)(H,82,100)(H,83,103)(H,84,93)(H,85,94)(H,86,101)(H,87,102)(H,88,97)/t39-,40-,41-,42-,43-,44-,45-,46-,47-,48-,49-,50-,51-,52-,54-,55-/m0/s1. The lowest BCUT2D eigenvalue weighted by molar-refractivity contribution is -0.136. The van der Waals surface area contributed by atoms with E-state index in [1.165, 1.54) is 27.7 Å². The summed E-state index contributed by atoms with van der Waals surface area (Å²) in [6, 6.07) is -17.4. The van der Waals surface area contributed by atoms with E-state index in [4.69, 9.17) is 34.4 Å². The minimum Gasteiger partial charge on any atom is -0.370 e. The summed E-state index contributed by atoms with van der Waals surface area (Å²) in [5.74, 6) is -13.0. The van der Waals surface area contributed by atoms with Crippen LogP contribution in [0.1, 0.15) is 207 Å². The maximum atomic E-state index is 14.2. The molecule has 590 valence electrons. The van der Waals surface area contributed by atoms with Gasteiger partial charge < -0.3 is 104 Å². The van der Waals surface area contributed by atoms with Gasteiger partial charge in [-0.05, 0) is 160 Å². The highest BCUT2D eigenvalue weighted by atomic mass is 16.2. The van der Waals surface area contributed by atoms with Crippen LogP contribution in [0, 0.1) is 35.5 Å². The van der Waals surface area contributed by atoms with Crippen molar-refractivity contribution in [1.29, 1.82) is 0 Å². The summed E-state index contributed by atoms with van der Waals surface area (Å²) in [6.45, 7) is 27.6. The highest BCUT2D eigenvalue weighted by molar-refractivity contribution is 6.00. The summed E-state index contributed by atoms with van der Waals surface area (Å²) in [5.41, 5.74) is 34.4. The van der Waals surface area contributed by atoms with Crippen molar-refractivity contribution in [2.45, 2.75) is 292 Å². The third kappa shape index (κ3) is 37.2. The third-order valence-corrected chi connectivity index (χ3v) is 17.3. The Morgan fingerprint density at radius 1 is 0.282 bits per heavy atom. The van der Waals surface area contributed by atoms with Gasteiger partial charge in [-0.25, -0.2) is 0 Å². The molecule has 103 heavy (non-hydrogen) atoms. The zero-order valence-electron chi connectivity index (χ0n) is 63.9. The highest BCUT2D eigenvalue weighted by Gasteiger charge is 2.38. The molecule has 0 aromatic heterocycles. The van der Waals surface area contributed by atoms with Crippen molar-refractivity contribution in [2.24, 2.45) is 69.9 Å². The van der Waals surface area contributed by atoms with Gasteiger partial charge in [0.25, 0.3) is 0 Å². The van der Waals surface area contributed by atoms with Gasteiger partial charge in [-0.3, -0.25) is 71.9 Å². The van der Waals surface area contributed by atoms with Crippen molar-refractivity contribution in [2.75, 3.05) is 19.6 Å². The average molecular weight is 1460 g/mol. The number of carbonyl (C=O) groups is 15. The molecule has 0 saturated carbocycles. The lowest BCUT2D eigenvalue weighted by Gasteiger charge is -2.29. The molecule has 0 unspecified atom stereocenters. The Morgan fingerprint density at radius 2 is 0.544 bits per heavy atom. The first kappa shape index (κ1) is 94.9. The molecule has 34 nitrogen and oxygen atoms in total. The summed E-state index contributed by atoms with van der Waals surface area (Å²) in [7, 11) is 0. The number of rotatable bonds is 52. The second-order valence-electron chi connectivity index (χ2n) is 28.8. The number of primary amides is 2. The van der Waals surface area contributed by atoms with E-state index >= 15 is 0 Å². The smallest absolute Gasteiger partial charge is 0.243 e. The molecule has 0 heterocycles. The monoisotopic (exact) mass is 1460 g/mol. The van der Waals surface area contributed by atoms with E-state index in [-0.39, 0.29) is 94.0 Å². The zero-order valence-corrected chi connectivity index (χ0v) is 63.9.